The molecule has 3 rings (SSSR count). The van der Waals surface area contributed by atoms with Gasteiger partial charge in [0.2, 0.25) is 0 Å². The van der Waals surface area contributed by atoms with E-state index in [4.69, 9.17) is 15.2 Å². The highest BCUT2D eigenvalue weighted by Crippen LogP contribution is 2.41. The lowest BCUT2D eigenvalue weighted by Crippen LogP contribution is -2.00. The molecule has 0 atom stereocenters. The van der Waals surface area contributed by atoms with Gasteiger partial charge in [0.15, 0.2) is 5.75 Å². The van der Waals surface area contributed by atoms with Crippen molar-refractivity contribution in [1.29, 1.82) is 0 Å². The van der Waals surface area contributed by atoms with Gasteiger partial charge in [-0.3, -0.25) is 0 Å². The summed E-state index contributed by atoms with van der Waals surface area (Å²) in [5, 5.41) is 1.67. The van der Waals surface area contributed by atoms with Gasteiger partial charge < -0.3 is 15.2 Å². The summed E-state index contributed by atoms with van der Waals surface area (Å²) in [6.07, 6.45) is 0. The second-order valence-electron chi connectivity index (χ2n) is 4.63. The first-order valence-corrected chi connectivity index (χ1v) is 6.62. The molecular formula is C17H16N2O2. The van der Waals surface area contributed by atoms with Crippen LogP contribution in [0.5, 0.6) is 11.5 Å². The molecule has 2 N–H and O–H groups in total. The summed E-state index contributed by atoms with van der Waals surface area (Å²) in [6, 6.07) is 15.5. The number of pyridine rings is 1. The fourth-order valence-electron chi connectivity index (χ4n) is 2.49. The molecule has 21 heavy (non-hydrogen) atoms. The Morgan fingerprint density at radius 1 is 0.905 bits per heavy atom. The van der Waals surface area contributed by atoms with Crippen LogP contribution in [0.25, 0.3) is 22.0 Å². The normalized spacial score (nSPS) is 10.6. The lowest BCUT2D eigenvalue weighted by molar-refractivity contribution is 0.405. The molecule has 0 aliphatic heterocycles. The van der Waals surface area contributed by atoms with Gasteiger partial charge in [-0.15, -0.1) is 0 Å². The van der Waals surface area contributed by atoms with E-state index in [0.29, 0.717) is 17.3 Å². The van der Waals surface area contributed by atoms with Crippen molar-refractivity contribution in [1.82, 2.24) is 4.98 Å². The number of aromatic nitrogens is 1. The van der Waals surface area contributed by atoms with Crippen molar-refractivity contribution in [3.05, 3.63) is 48.5 Å². The van der Waals surface area contributed by atoms with Gasteiger partial charge in [0.25, 0.3) is 0 Å². The van der Waals surface area contributed by atoms with Gasteiger partial charge in [-0.25, -0.2) is 4.98 Å². The number of nitrogens with zero attached hydrogens (tertiary/aromatic N) is 1. The van der Waals surface area contributed by atoms with Crippen LogP contribution in [0, 0.1) is 0 Å². The number of ether oxygens (including phenoxy) is 2. The lowest BCUT2D eigenvalue weighted by atomic mass is 10.0. The zero-order valence-electron chi connectivity index (χ0n) is 12.0. The van der Waals surface area contributed by atoms with E-state index < -0.39 is 0 Å². The van der Waals surface area contributed by atoms with Crippen molar-refractivity contribution < 1.29 is 9.47 Å². The van der Waals surface area contributed by atoms with Gasteiger partial charge in [0, 0.05) is 10.9 Å². The average molecular weight is 280 g/mol. The average Bonchev–Trinajstić information content (AvgIpc) is 2.55. The molecule has 2 aromatic carbocycles. The molecule has 0 radical (unpaired) electrons. The second-order valence-corrected chi connectivity index (χ2v) is 4.63. The first-order chi connectivity index (χ1) is 10.3. The molecule has 0 bridgehead atoms. The van der Waals surface area contributed by atoms with Crippen molar-refractivity contribution in [3.63, 3.8) is 0 Å². The Hall–Kier alpha value is -2.75. The maximum atomic E-state index is 6.12. The van der Waals surface area contributed by atoms with Gasteiger partial charge in [0.05, 0.1) is 19.6 Å². The Morgan fingerprint density at radius 2 is 1.67 bits per heavy atom. The molecule has 0 fully saturated rings. The van der Waals surface area contributed by atoms with E-state index in [1.165, 1.54) is 0 Å². The predicted octanol–water partition coefficient (Wildman–Crippen LogP) is 3.50. The summed E-state index contributed by atoms with van der Waals surface area (Å²) < 4.78 is 11.1. The molecule has 0 aliphatic rings. The molecule has 3 aromatic rings. The highest BCUT2D eigenvalue weighted by molar-refractivity contribution is 6.03. The van der Waals surface area contributed by atoms with Crippen molar-refractivity contribution in [2.45, 2.75) is 0 Å². The van der Waals surface area contributed by atoms with E-state index in [0.717, 1.165) is 22.1 Å². The standard InChI is InChI=1S/C17H16N2O2/c1-20-13-10-6-9-12-14(13)16(21-2)15(19-17(12)18)11-7-4-3-5-8-11/h3-10H,1-2H3,(H2,18,19). The van der Waals surface area contributed by atoms with Crippen molar-refractivity contribution in [2.75, 3.05) is 20.0 Å². The highest BCUT2D eigenvalue weighted by atomic mass is 16.5. The monoisotopic (exact) mass is 280 g/mol. The number of nitrogen functional groups attached to an aromatic ring is 1. The van der Waals surface area contributed by atoms with E-state index in [1.807, 2.05) is 48.5 Å². The van der Waals surface area contributed by atoms with Crippen LogP contribution in [0.4, 0.5) is 5.82 Å². The first kappa shape index (κ1) is 13.2. The number of hydrogen-bond donors (Lipinski definition) is 1. The Bertz CT molecular complexity index is 786. The zero-order valence-corrected chi connectivity index (χ0v) is 12.0. The van der Waals surface area contributed by atoms with Gasteiger partial charge in [-0.2, -0.15) is 0 Å². The minimum Gasteiger partial charge on any atom is -0.496 e. The molecule has 0 aliphatic carbocycles. The molecule has 0 unspecified atom stereocenters. The van der Waals surface area contributed by atoms with Crippen LogP contribution in [0.2, 0.25) is 0 Å². The fourth-order valence-corrected chi connectivity index (χ4v) is 2.49. The van der Waals surface area contributed by atoms with E-state index in [1.54, 1.807) is 14.2 Å². The van der Waals surface area contributed by atoms with Crippen LogP contribution >= 0.6 is 0 Å². The number of anilines is 1. The number of methoxy groups -OCH3 is 2. The molecule has 4 nitrogen and oxygen atoms in total. The smallest absolute Gasteiger partial charge is 0.156 e. The van der Waals surface area contributed by atoms with Crippen LogP contribution in [0.15, 0.2) is 48.5 Å². The molecule has 4 heteroatoms. The van der Waals surface area contributed by atoms with Crippen molar-refractivity contribution in [2.24, 2.45) is 0 Å². The summed E-state index contributed by atoms with van der Waals surface area (Å²) >= 11 is 0. The molecule has 0 amide bonds. The summed E-state index contributed by atoms with van der Waals surface area (Å²) in [7, 11) is 3.26. The number of hydrogen-bond acceptors (Lipinski definition) is 4. The Kier molecular flexibility index (Phi) is 3.36. The van der Waals surface area contributed by atoms with E-state index in [2.05, 4.69) is 4.98 Å². The van der Waals surface area contributed by atoms with Crippen molar-refractivity contribution in [3.8, 4) is 22.8 Å². The quantitative estimate of drug-likeness (QED) is 0.797. The molecular weight excluding hydrogens is 264 g/mol. The summed E-state index contributed by atoms with van der Waals surface area (Å²) in [6.45, 7) is 0. The summed E-state index contributed by atoms with van der Waals surface area (Å²) in [5.74, 6) is 1.85. The largest absolute Gasteiger partial charge is 0.496 e. The molecule has 106 valence electrons. The van der Waals surface area contributed by atoms with Crippen LogP contribution in [-0.4, -0.2) is 19.2 Å². The minimum absolute atomic E-state index is 0.462. The fraction of sp³-hybridized carbons (Fsp3) is 0.118. The zero-order chi connectivity index (χ0) is 14.8. The number of fused-ring (bicyclic) bond motifs is 1. The minimum atomic E-state index is 0.462. The van der Waals surface area contributed by atoms with Crippen LogP contribution < -0.4 is 15.2 Å². The third-order valence-corrected chi connectivity index (χ3v) is 3.45. The third-order valence-electron chi connectivity index (χ3n) is 3.45. The third kappa shape index (κ3) is 2.14. The molecule has 0 saturated heterocycles. The van der Waals surface area contributed by atoms with E-state index >= 15 is 0 Å². The van der Waals surface area contributed by atoms with E-state index in [-0.39, 0.29) is 0 Å². The van der Waals surface area contributed by atoms with Crippen molar-refractivity contribution >= 4 is 16.6 Å². The van der Waals surface area contributed by atoms with E-state index in [9.17, 15) is 0 Å². The van der Waals surface area contributed by atoms with Gasteiger partial charge in [-0.1, -0.05) is 42.5 Å². The number of nitrogens with two attached hydrogens (primary N) is 1. The lowest BCUT2D eigenvalue weighted by Gasteiger charge is -2.15. The maximum absolute atomic E-state index is 6.12. The molecule has 0 spiro atoms. The summed E-state index contributed by atoms with van der Waals surface area (Å²) in [4.78, 5) is 4.51. The topological polar surface area (TPSA) is 57.4 Å². The SMILES string of the molecule is COc1cccc2c(N)nc(-c3ccccc3)c(OC)c12. The van der Waals surface area contributed by atoms with Gasteiger partial charge in [-0.05, 0) is 6.07 Å². The Morgan fingerprint density at radius 3 is 2.33 bits per heavy atom. The highest BCUT2D eigenvalue weighted by Gasteiger charge is 2.17. The number of benzene rings is 2. The molecule has 0 saturated carbocycles. The predicted molar refractivity (Wildman–Crippen MR) is 84.7 cm³/mol. The van der Waals surface area contributed by atoms with Crippen LogP contribution in [-0.2, 0) is 0 Å². The second kappa shape index (κ2) is 5.32. The summed E-state index contributed by atoms with van der Waals surface area (Å²) in [5.41, 5.74) is 7.79. The molecule has 1 aromatic heterocycles. The molecule has 1 heterocycles. The van der Waals surface area contributed by atoms with Crippen LogP contribution in [0.1, 0.15) is 0 Å². The Balaban J connectivity index is 2.42. The maximum Gasteiger partial charge on any atom is 0.156 e. The Labute approximate surface area is 123 Å². The van der Waals surface area contributed by atoms with Crippen LogP contribution in [0.3, 0.4) is 0 Å². The van der Waals surface area contributed by atoms with Gasteiger partial charge >= 0.3 is 0 Å². The first-order valence-electron chi connectivity index (χ1n) is 6.62. The van der Waals surface area contributed by atoms with Gasteiger partial charge in [0.1, 0.15) is 17.3 Å². The number of rotatable bonds is 3.